The van der Waals surface area contributed by atoms with Crippen LogP contribution < -0.4 is 0 Å². The number of rotatable bonds is 0. The van der Waals surface area contributed by atoms with Crippen molar-refractivity contribution in [2.75, 3.05) is 13.2 Å². The summed E-state index contributed by atoms with van der Waals surface area (Å²) in [7, 11) is -1.92. The number of sulfonamides is 1. The topological polar surface area (TPSA) is 76.8 Å². The van der Waals surface area contributed by atoms with Gasteiger partial charge >= 0.3 is 6.02 Å². The van der Waals surface area contributed by atoms with E-state index in [0.29, 0.717) is 25.3 Å². The molecule has 0 spiro atoms. The predicted octanol–water partition coefficient (Wildman–Crippen LogP) is -0.168. The highest BCUT2D eigenvalue weighted by molar-refractivity contribution is 7.89. The zero-order chi connectivity index (χ0) is 11.3. The Labute approximate surface area is 92.4 Å². The number of aliphatic imine (C=N–C) groups is 1. The number of aromatic nitrogens is 2. The first-order valence-electron chi connectivity index (χ1n) is 4.87. The number of amidine groups is 1. The second-order valence-corrected chi connectivity index (χ2v) is 5.44. The molecule has 0 amide bonds. The predicted molar refractivity (Wildman–Crippen MR) is 54.8 cm³/mol. The molecule has 3 heterocycles. The summed E-state index contributed by atoms with van der Waals surface area (Å²) in [6.07, 6.45) is 2.23. The minimum atomic E-state index is -3.58. The Morgan fingerprint density at radius 1 is 1.50 bits per heavy atom. The van der Waals surface area contributed by atoms with Crippen molar-refractivity contribution >= 4 is 21.7 Å². The molecule has 3 rings (SSSR count). The summed E-state index contributed by atoms with van der Waals surface area (Å²) in [5, 5.41) is 3.92. The van der Waals surface area contributed by atoms with Crippen molar-refractivity contribution in [3.63, 3.8) is 0 Å². The van der Waals surface area contributed by atoms with Crippen molar-refractivity contribution in [3.05, 3.63) is 6.20 Å². The third-order valence-electron chi connectivity index (χ3n) is 2.48. The minimum absolute atomic E-state index is 0.00394. The van der Waals surface area contributed by atoms with E-state index in [9.17, 15) is 8.42 Å². The molecule has 7 nitrogen and oxygen atoms in total. The highest BCUT2D eigenvalue weighted by Gasteiger charge is 2.39. The molecule has 1 saturated heterocycles. The van der Waals surface area contributed by atoms with Gasteiger partial charge in [-0.05, 0) is 0 Å². The molecule has 86 valence electrons. The average Bonchev–Trinajstić information content (AvgIpc) is 2.60. The summed E-state index contributed by atoms with van der Waals surface area (Å²) in [6.45, 7) is 0.900. The van der Waals surface area contributed by atoms with Gasteiger partial charge in [0.25, 0.3) is 10.0 Å². The van der Waals surface area contributed by atoms with E-state index in [2.05, 4.69) is 10.1 Å². The molecule has 2 aliphatic heterocycles. The lowest BCUT2D eigenvalue weighted by Gasteiger charge is -2.30. The van der Waals surface area contributed by atoms with Gasteiger partial charge in [0, 0.05) is 20.0 Å². The lowest BCUT2D eigenvalue weighted by atomic mass is 10.4. The Morgan fingerprint density at radius 3 is 3.12 bits per heavy atom. The number of hydrogen-bond donors (Lipinski definition) is 0. The van der Waals surface area contributed by atoms with Crippen LogP contribution in [0, 0.1) is 0 Å². The van der Waals surface area contributed by atoms with Crippen LogP contribution in [-0.2, 0) is 21.8 Å². The van der Waals surface area contributed by atoms with Gasteiger partial charge in [-0.1, -0.05) is 0 Å². The Kier molecular flexibility index (Phi) is 1.79. The zero-order valence-corrected chi connectivity index (χ0v) is 9.44. The molecule has 0 aromatic carbocycles. The minimum Gasteiger partial charge on any atom is -0.464 e. The highest BCUT2D eigenvalue weighted by atomic mass is 32.2. The van der Waals surface area contributed by atoms with Crippen LogP contribution in [-0.4, -0.2) is 41.7 Å². The van der Waals surface area contributed by atoms with Gasteiger partial charge in [-0.3, -0.25) is 4.68 Å². The second-order valence-electron chi connectivity index (χ2n) is 3.67. The highest BCUT2D eigenvalue weighted by Crippen LogP contribution is 2.32. The first-order chi connectivity index (χ1) is 7.59. The van der Waals surface area contributed by atoms with Crippen LogP contribution in [0.2, 0.25) is 0 Å². The standard InChI is InChI=1S/C8H10N4O3S/c1-11-5-6-7(10-11)16(13,14)12-3-2-4-15-8(12)9-6/h5H,2-4H2,1H3. The smallest absolute Gasteiger partial charge is 0.307 e. The fourth-order valence-electron chi connectivity index (χ4n) is 1.77. The van der Waals surface area contributed by atoms with Crippen LogP contribution in [0.5, 0.6) is 0 Å². The van der Waals surface area contributed by atoms with Gasteiger partial charge < -0.3 is 4.74 Å². The number of hydrogen-bond acceptors (Lipinski definition) is 5. The largest absolute Gasteiger partial charge is 0.464 e. The summed E-state index contributed by atoms with van der Waals surface area (Å²) in [5.74, 6) is 0. The van der Waals surface area contributed by atoms with Crippen LogP contribution in [0.15, 0.2) is 16.2 Å². The maximum Gasteiger partial charge on any atom is 0.307 e. The van der Waals surface area contributed by atoms with Crippen molar-refractivity contribution in [1.82, 2.24) is 14.1 Å². The van der Waals surface area contributed by atoms with E-state index in [0.717, 1.165) is 0 Å². The third-order valence-corrected chi connectivity index (χ3v) is 4.18. The Hall–Kier alpha value is -1.57. The van der Waals surface area contributed by atoms with E-state index in [4.69, 9.17) is 4.74 Å². The lowest BCUT2D eigenvalue weighted by Crippen LogP contribution is -2.44. The van der Waals surface area contributed by atoms with E-state index < -0.39 is 10.0 Å². The number of ether oxygens (including phenoxy) is 1. The van der Waals surface area contributed by atoms with Gasteiger partial charge in [0.15, 0.2) is 0 Å². The van der Waals surface area contributed by atoms with Crippen LogP contribution >= 0.6 is 0 Å². The monoisotopic (exact) mass is 242 g/mol. The molecule has 0 N–H and O–H groups in total. The summed E-state index contributed by atoms with van der Waals surface area (Å²) in [6, 6.07) is 0.159. The molecular weight excluding hydrogens is 232 g/mol. The van der Waals surface area contributed by atoms with Gasteiger partial charge in [0.05, 0.1) is 12.8 Å². The number of fused-ring (bicyclic) bond motifs is 2. The fourth-order valence-corrected chi connectivity index (χ4v) is 3.25. The second kappa shape index (κ2) is 2.97. The quantitative estimate of drug-likeness (QED) is 0.633. The van der Waals surface area contributed by atoms with Crippen molar-refractivity contribution in [2.45, 2.75) is 11.4 Å². The maximum atomic E-state index is 12.1. The Morgan fingerprint density at radius 2 is 2.31 bits per heavy atom. The van der Waals surface area contributed by atoms with Gasteiger partial charge in [-0.25, -0.2) is 4.31 Å². The first-order valence-corrected chi connectivity index (χ1v) is 6.31. The van der Waals surface area contributed by atoms with Gasteiger partial charge in [-0.2, -0.15) is 18.5 Å². The van der Waals surface area contributed by atoms with E-state index in [-0.39, 0.29) is 11.0 Å². The average molecular weight is 242 g/mol. The molecule has 0 bridgehead atoms. The number of aryl methyl sites for hydroxylation is 1. The molecule has 8 heteroatoms. The number of nitrogens with zero attached hydrogens (tertiary/aromatic N) is 4. The summed E-state index contributed by atoms with van der Waals surface area (Å²) >= 11 is 0. The summed E-state index contributed by atoms with van der Waals surface area (Å²) in [5.41, 5.74) is 0.343. The van der Waals surface area contributed by atoms with E-state index in [1.54, 1.807) is 13.2 Å². The van der Waals surface area contributed by atoms with Gasteiger partial charge in [-0.15, -0.1) is 0 Å². The molecule has 2 aliphatic rings. The van der Waals surface area contributed by atoms with Crippen molar-refractivity contribution in [3.8, 4) is 0 Å². The molecule has 16 heavy (non-hydrogen) atoms. The maximum absolute atomic E-state index is 12.1. The van der Waals surface area contributed by atoms with Crippen LogP contribution in [0.1, 0.15) is 6.42 Å². The summed E-state index contributed by atoms with van der Waals surface area (Å²) < 4.78 is 32.1. The molecule has 1 aromatic rings. The van der Waals surface area contributed by atoms with Gasteiger partial charge in [0.2, 0.25) is 5.03 Å². The fraction of sp³-hybridized carbons (Fsp3) is 0.500. The molecule has 0 saturated carbocycles. The lowest BCUT2D eigenvalue weighted by molar-refractivity contribution is 0.215. The first kappa shape index (κ1) is 9.64. The zero-order valence-electron chi connectivity index (χ0n) is 8.62. The molecule has 0 aliphatic carbocycles. The molecule has 0 radical (unpaired) electrons. The van der Waals surface area contributed by atoms with Crippen molar-refractivity contribution in [1.29, 1.82) is 0 Å². The van der Waals surface area contributed by atoms with Crippen LogP contribution in [0.4, 0.5) is 5.69 Å². The molecule has 1 aromatic heterocycles. The van der Waals surface area contributed by atoms with Crippen molar-refractivity contribution in [2.24, 2.45) is 12.0 Å². The molecule has 0 unspecified atom stereocenters. The molecule has 1 fully saturated rings. The Balaban J connectivity index is 2.24. The van der Waals surface area contributed by atoms with E-state index >= 15 is 0 Å². The summed E-state index contributed by atoms with van der Waals surface area (Å²) in [4.78, 5) is 4.14. The SMILES string of the molecule is Cn1cc2c(n1)S(=O)(=O)N1CCCOC1=N2. The van der Waals surface area contributed by atoms with Gasteiger partial charge in [0.1, 0.15) is 5.69 Å². The van der Waals surface area contributed by atoms with Crippen molar-refractivity contribution < 1.29 is 13.2 Å². The van der Waals surface area contributed by atoms with Crippen LogP contribution in [0.25, 0.3) is 0 Å². The third kappa shape index (κ3) is 1.16. The molecular formula is C8H10N4O3S. The molecule has 0 atom stereocenters. The normalized spacial score (nSPS) is 21.8. The van der Waals surface area contributed by atoms with E-state index in [1.807, 2.05) is 0 Å². The van der Waals surface area contributed by atoms with E-state index in [1.165, 1.54) is 8.99 Å². The Bertz CT molecular complexity index is 574. The van der Waals surface area contributed by atoms with Crippen LogP contribution in [0.3, 0.4) is 0 Å².